The van der Waals surface area contributed by atoms with Gasteiger partial charge in [0, 0.05) is 6.92 Å². The van der Waals surface area contributed by atoms with Crippen molar-refractivity contribution in [3.63, 3.8) is 0 Å². The van der Waals surface area contributed by atoms with Gasteiger partial charge in [0.1, 0.15) is 26.2 Å². The Labute approximate surface area is 131 Å². The second-order valence-electron chi connectivity index (χ2n) is 6.76. The van der Waals surface area contributed by atoms with E-state index in [2.05, 4.69) is 6.92 Å². The minimum absolute atomic E-state index is 0.145. The van der Waals surface area contributed by atoms with Crippen molar-refractivity contribution in [1.29, 1.82) is 0 Å². The van der Waals surface area contributed by atoms with Gasteiger partial charge in [-0.2, -0.15) is 0 Å². The number of quaternary nitrogens is 1. The standard InChI is InChI=1S/C18H36NO2/c1-3-4-5-6-7-8-9-10-11-12-13-19(14-15-19)16-17-21-18(2)20/h3-17H2,1-2H3/q+1. The predicted octanol–water partition coefficient (Wildman–Crippen LogP) is 4.30. The van der Waals surface area contributed by atoms with Gasteiger partial charge in [-0.3, -0.25) is 4.79 Å². The van der Waals surface area contributed by atoms with Crippen molar-refractivity contribution in [2.75, 3.05) is 32.8 Å². The average Bonchev–Trinajstić information content (AvgIpc) is 3.21. The van der Waals surface area contributed by atoms with E-state index in [4.69, 9.17) is 4.74 Å². The lowest BCUT2D eigenvalue weighted by Gasteiger charge is -2.18. The smallest absolute Gasteiger partial charge is 0.302 e. The largest absolute Gasteiger partial charge is 0.460 e. The Morgan fingerprint density at radius 3 is 1.86 bits per heavy atom. The molecule has 0 aromatic carbocycles. The lowest BCUT2D eigenvalue weighted by Crippen LogP contribution is -2.31. The van der Waals surface area contributed by atoms with Crippen LogP contribution in [-0.2, 0) is 9.53 Å². The number of unbranched alkanes of at least 4 members (excludes halogenated alkanes) is 9. The molecule has 1 rings (SSSR count). The second-order valence-corrected chi connectivity index (χ2v) is 6.76. The predicted molar refractivity (Wildman–Crippen MR) is 88.2 cm³/mol. The van der Waals surface area contributed by atoms with Crippen LogP contribution in [0.15, 0.2) is 0 Å². The minimum Gasteiger partial charge on any atom is -0.460 e. The summed E-state index contributed by atoms with van der Waals surface area (Å²) in [5.74, 6) is -0.145. The first kappa shape index (κ1) is 18.5. The summed E-state index contributed by atoms with van der Waals surface area (Å²) in [7, 11) is 0. The zero-order valence-electron chi connectivity index (χ0n) is 14.4. The second kappa shape index (κ2) is 11.1. The molecule has 3 heteroatoms. The summed E-state index contributed by atoms with van der Waals surface area (Å²) in [5, 5.41) is 0. The van der Waals surface area contributed by atoms with Gasteiger partial charge >= 0.3 is 5.97 Å². The molecule has 0 bridgehead atoms. The van der Waals surface area contributed by atoms with Gasteiger partial charge in [-0.15, -0.1) is 0 Å². The van der Waals surface area contributed by atoms with Crippen LogP contribution < -0.4 is 0 Å². The van der Waals surface area contributed by atoms with Gasteiger partial charge in [0.2, 0.25) is 0 Å². The number of nitrogens with zero attached hydrogens (tertiary/aromatic N) is 1. The van der Waals surface area contributed by atoms with Crippen molar-refractivity contribution in [3.05, 3.63) is 0 Å². The maximum Gasteiger partial charge on any atom is 0.302 e. The molecule has 1 heterocycles. The molecule has 1 aliphatic rings. The lowest BCUT2D eigenvalue weighted by molar-refractivity contribution is -0.800. The van der Waals surface area contributed by atoms with Crippen LogP contribution in [-0.4, -0.2) is 43.2 Å². The highest BCUT2D eigenvalue weighted by Gasteiger charge is 2.40. The highest BCUT2D eigenvalue weighted by Crippen LogP contribution is 2.22. The first-order valence-electron chi connectivity index (χ1n) is 9.17. The first-order chi connectivity index (χ1) is 10.2. The quantitative estimate of drug-likeness (QED) is 0.207. The third-order valence-corrected chi connectivity index (χ3v) is 4.71. The fourth-order valence-electron chi connectivity index (χ4n) is 3.02. The van der Waals surface area contributed by atoms with Gasteiger partial charge in [-0.05, 0) is 12.8 Å². The van der Waals surface area contributed by atoms with E-state index in [1.807, 2.05) is 0 Å². The van der Waals surface area contributed by atoms with Crippen molar-refractivity contribution in [3.8, 4) is 0 Å². The molecule has 0 amide bonds. The Kier molecular flexibility index (Phi) is 9.73. The number of carbonyl (C=O) groups is 1. The highest BCUT2D eigenvalue weighted by atomic mass is 16.5. The van der Waals surface area contributed by atoms with Crippen LogP contribution >= 0.6 is 0 Å². The van der Waals surface area contributed by atoms with Crippen LogP contribution in [0.2, 0.25) is 0 Å². The third-order valence-electron chi connectivity index (χ3n) is 4.71. The molecule has 1 saturated heterocycles. The molecule has 0 unspecified atom stereocenters. The van der Waals surface area contributed by atoms with Crippen molar-refractivity contribution in [2.24, 2.45) is 0 Å². The molecule has 0 spiro atoms. The number of rotatable bonds is 14. The fourth-order valence-corrected chi connectivity index (χ4v) is 3.02. The SMILES string of the molecule is CCCCCCCCCCCC[N+]1(CCOC(C)=O)CC1. The Morgan fingerprint density at radius 2 is 1.38 bits per heavy atom. The lowest BCUT2D eigenvalue weighted by atomic mass is 10.1. The van der Waals surface area contributed by atoms with Crippen LogP contribution in [0.3, 0.4) is 0 Å². The maximum atomic E-state index is 10.8. The molecule has 0 atom stereocenters. The number of esters is 1. The molecule has 0 aliphatic carbocycles. The van der Waals surface area contributed by atoms with Gasteiger partial charge < -0.3 is 9.22 Å². The Hall–Kier alpha value is -0.570. The molecule has 0 saturated carbocycles. The fraction of sp³-hybridized carbons (Fsp3) is 0.944. The molecule has 0 aromatic heterocycles. The zero-order chi connectivity index (χ0) is 15.4. The van der Waals surface area contributed by atoms with E-state index in [0.717, 1.165) is 6.54 Å². The van der Waals surface area contributed by atoms with Crippen molar-refractivity contribution >= 4 is 5.97 Å². The van der Waals surface area contributed by atoms with Crippen LogP contribution in [0.1, 0.15) is 78.1 Å². The first-order valence-corrected chi connectivity index (χ1v) is 9.17. The van der Waals surface area contributed by atoms with E-state index >= 15 is 0 Å². The molecular weight excluding hydrogens is 262 g/mol. The minimum atomic E-state index is -0.145. The molecule has 124 valence electrons. The normalized spacial score (nSPS) is 15.9. The molecule has 3 nitrogen and oxygen atoms in total. The summed E-state index contributed by atoms with van der Waals surface area (Å²) in [6.07, 6.45) is 14.0. The zero-order valence-corrected chi connectivity index (χ0v) is 14.4. The topological polar surface area (TPSA) is 26.3 Å². The molecule has 0 aromatic rings. The maximum absolute atomic E-state index is 10.8. The number of hydrogen-bond acceptors (Lipinski definition) is 2. The van der Waals surface area contributed by atoms with Crippen molar-refractivity contribution in [2.45, 2.75) is 78.1 Å². The molecule has 1 aliphatic heterocycles. The third kappa shape index (κ3) is 9.89. The average molecular weight is 298 g/mol. The van der Waals surface area contributed by atoms with E-state index in [1.54, 1.807) is 0 Å². The van der Waals surface area contributed by atoms with Gasteiger partial charge in [-0.1, -0.05) is 58.3 Å². The Balaban J connectivity index is 1.84. The number of hydrogen-bond donors (Lipinski definition) is 0. The van der Waals surface area contributed by atoms with Crippen LogP contribution in [0, 0.1) is 0 Å². The van der Waals surface area contributed by atoms with Gasteiger partial charge in [-0.25, -0.2) is 0 Å². The summed E-state index contributed by atoms with van der Waals surface area (Å²) >= 11 is 0. The highest BCUT2D eigenvalue weighted by molar-refractivity contribution is 5.65. The molecule has 1 fully saturated rings. The molecule has 21 heavy (non-hydrogen) atoms. The Morgan fingerprint density at radius 1 is 0.857 bits per heavy atom. The Bertz CT molecular complexity index is 274. The molecule has 0 radical (unpaired) electrons. The number of ether oxygens (including phenoxy) is 1. The van der Waals surface area contributed by atoms with E-state index in [-0.39, 0.29) is 5.97 Å². The van der Waals surface area contributed by atoms with Gasteiger partial charge in [0.15, 0.2) is 0 Å². The summed E-state index contributed by atoms with van der Waals surface area (Å²) in [6.45, 7) is 9.27. The van der Waals surface area contributed by atoms with E-state index in [0.29, 0.717) is 6.61 Å². The van der Waals surface area contributed by atoms with Gasteiger partial charge in [0.05, 0.1) is 6.54 Å². The van der Waals surface area contributed by atoms with E-state index in [1.165, 1.54) is 95.2 Å². The van der Waals surface area contributed by atoms with Crippen molar-refractivity contribution < 1.29 is 14.0 Å². The monoisotopic (exact) mass is 298 g/mol. The van der Waals surface area contributed by atoms with Crippen molar-refractivity contribution in [1.82, 2.24) is 0 Å². The van der Waals surface area contributed by atoms with E-state index in [9.17, 15) is 4.79 Å². The summed E-state index contributed by atoms with van der Waals surface area (Å²) < 4.78 is 6.26. The summed E-state index contributed by atoms with van der Waals surface area (Å²) in [6, 6.07) is 0. The summed E-state index contributed by atoms with van der Waals surface area (Å²) in [5.41, 5.74) is 0. The summed E-state index contributed by atoms with van der Waals surface area (Å²) in [4.78, 5) is 10.8. The van der Waals surface area contributed by atoms with Crippen LogP contribution in [0.5, 0.6) is 0 Å². The number of carbonyl (C=O) groups excluding carboxylic acids is 1. The molecule has 0 N–H and O–H groups in total. The molecular formula is C18H36NO2+. The van der Waals surface area contributed by atoms with E-state index < -0.39 is 0 Å². The van der Waals surface area contributed by atoms with Crippen LogP contribution in [0.25, 0.3) is 0 Å². The van der Waals surface area contributed by atoms with Crippen LogP contribution in [0.4, 0.5) is 0 Å². The van der Waals surface area contributed by atoms with Gasteiger partial charge in [0.25, 0.3) is 0 Å².